The number of hydrogen-bond donors (Lipinski definition) is 0. The molecule has 11 aromatic rings. The minimum absolute atomic E-state index is 0.681. The summed E-state index contributed by atoms with van der Waals surface area (Å²) in [6, 6.07) is 74.4. The second-order valence-corrected chi connectivity index (χ2v) is 14.6. The van der Waals surface area contributed by atoms with Gasteiger partial charge < -0.3 is 9.32 Å². The molecule has 272 valence electrons. The summed E-state index contributed by atoms with van der Waals surface area (Å²) in [4.78, 5) is 12.8. The Kier molecular flexibility index (Phi) is 8.11. The van der Waals surface area contributed by atoms with Gasteiger partial charge in [-0.25, -0.2) is 9.97 Å². The molecule has 0 saturated heterocycles. The van der Waals surface area contributed by atoms with E-state index in [-0.39, 0.29) is 0 Å². The minimum atomic E-state index is 0.681. The lowest BCUT2D eigenvalue weighted by atomic mass is 9.98. The van der Waals surface area contributed by atoms with Crippen LogP contribution in [0, 0.1) is 0 Å². The largest absolute Gasteiger partial charge is 0.456 e. The van der Waals surface area contributed by atoms with Crippen molar-refractivity contribution >= 4 is 60.5 Å². The van der Waals surface area contributed by atoms with E-state index in [1.165, 1.54) is 16.2 Å². The van der Waals surface area contributed by atoms with Crippen molar-refractivity contribution in [2.45, 2.75) is 0 Å². The van der Waals surface area contributed by atoms with Gasteiger partial charge in [0.1, 0.15) is 11.2 Å². The molecule has 0 atom stereocenters. The maximum atomic E-state index is 6.63. The second kappa shape index (κ2) is 14.0. The van der Waals surface area contributed by atoms with Crippen LogP contribution in [0.25, 0.3) is 88.5 Å². The van der Waals surface area contributed by atoms with Crippen LogP contribution in [0.4, 0.5) is 17.1 Å². The zero-order valence-corrected chi connectivity index (χ0v) is 31.5. The fourth-order valence-corrected chi connectivity index (χ4v) is 8.16. The molecule has 4 nitrogen and oxygen atoms in total. The highest BCUT2D eigenvalue weighted by atomic mass is 16.3. The zero-order valence-electron chi connectivity index (χ0n) is 31.5. The molecule has 2 heterocycles. The number of anilines is 3. The standard InChI is InChI=1S/C54H35N3O/c1-3-16-44(17-4-1)57(45-18-5-2-6-19-45)46-29-26-38(27-30-46)41-28-31-48-52(34-41)58-51-21-11-20-47(53(48)51)50-35-49(42-24-22-36-12-7-9-14-39(36)32-42)55-54(56-50)43-25-23-37-13-8-10-15-40(37)33-43/h1-35H. The predicted octanol–water partition coefficient (Wildman–Crippen LogP) is 14.8. The van der Waals surface area contributed by atoms with Crippen LogP contribution in [0.15, 0.2) is 217 Å². The van der Waals surface area contributed by atoms with E-state index >= 15 is 0 Å². The van der Waals surface area contributed by atoms with E-state index in [0.717, 1.165) is 83.6 Å². The Hall–Kier alpha value is -7.82. The summed E-state index contributed by atoms with van der Waals surface area (Å²) in [6.45, 7) is 0. The average Bonchev–Trinajstić information content (AvgIpc) is 3.68. The minimum Gasteiger partial charge on any atom is -0.456 e. The maximum absolute atomic E-state index is 6.63. The van der Waals surface area contributed by atoms with Crippen molar-refractivity contribution in [2.75, 3.05) is 4.90 Å². The second-order valence-electron chi connectivity index (χ2n) is 14.6. The Labute approximate surface area is 335 Å². The van der Waals surface area contributed by atoms with Crippen LogP contribution in [-0.2, 0) is 0 Å². The van der Waals surface area contributed by atoms with E-state index in [0.29, 0.717) is 5.82 Å². The van der Waals surface area contributed by atoms with Crippen LogP contribution in [0.1, 0.15) is 0 Å². The van der Waals surface area contributed by atoms with Gasteiger partial charge in [0.05, 0.1) is 11.4 Å². The molecular weight excluding hydrogens is 707 g/mol. The van der Waals surface area contributed by atoms with Crippen LogP contribution in [0.2, 0.25) is 0 Å². The van der Waals surface area contributed by atoms with Crippen molar-refractivity contribution in [3.05, 3.63) is 212 Å². The monoisotopic (exact) mass is 741 g/mol. The summed E-state index contributed by atoms with van der Waals surface area (Å²) < 4.78 is 6.63. The highest BCUT2D eigenvalue weighted by molar-refractivity contribution is 6.13. The van der Waals surface area contributed by atoms with Gasteiger partial charge in [-0.1, -0.05) is 140 Å². The lowest BCUT2D eigenvalue weighted by Gasteiger charge is -2.25. The molecule has 4 heteroatoms. The Morgan fingerprint density at radius 3 is 1.59 bits per heavy atom. The van der Waals surface area contributed by atoms with Gasteiger partial charge >= 0.3 is 0 Å². The molecule has 0 amide bonds. The normalized spacial score (nSPS) is 11.4. The number of fused-ring (bicyclic) bond motifs is 5. The molecule has 0 fully saturated rings. The number of hydrogen-bond acceptors (Lipinski definition) is 4. The van der Waals surface area contributed by atoms with Crippen LogP contribution < -0.4 is 4.90 Å². The number of para-hydroxylation sites is 2. The van der Waals surface area contributed by atoms with Crippen molar-refractivity contribution in [1.82, 2.24) is 9.97 Å². The number of aromatic nitrogens is 2. The first-order chi connectivity index (χ1) is 28.7. The molecule has 0 aliphatic carbocycles. The Morgan fingerprint density at radius 2 is 0.897 bits per heavy atom. The summed E-state index contributed by atoms with van der Waals surface area (Å²) in [5.74, 6) is 0.681. The summed E-state index contributed by atoms with van der Waals surface area (Å²) >= 11 is 0. The molecular formula is C54H35N3O. The fraction of sp³-hybridized carbons (Fsp3) is 0. The number of rotatable bonds is 7. The van der Waals surface area contributed by atoms with E-state index in [9.17, 15) is 0 Å². The molecule has 0 aliphatic heterocycles. The third-order valence-electron chi connectivity index (χ3n) is 11.0. The molecule has 9 aromatic carbocycles. The first-order valence-corrected chi connectivity index (χ1v) is 19.6. The van der Waals surface area contributed by atoms with Gasteiger partial charge in [-0.3, -0.25) is 0 Å². The van der Waals surface area contributed by atoms with E-state index in [2.05, 4.69) is 199 Å². The van der Waals surface area contributed by atoms with Gasteiger partial charge in [0, 0.05) is 44.5 Å². The quantitative estimate of drug-likeness (QED) is 0.163. The van der Waals surface area contributed by atoms with Crippen molar-refractivity contribution in [3.8, 4) is 45.0 Å². The molecule has 58 heavy (non-hydrogen) atoms. The SMILES string of the molecule is c1ccc(N(c2ccccc2)c2ccc(-c3ccc4c(c3)oc3cccc(-c5cc(-c6ccc7ccccc7c6)nc(-c6ccc7ccccc7c6)n5)c34)cc2)cc1. The third-order valence-corrected chi connectivity index (χ3v) is 11.0. The number of furan rings is 1. The smallest absolute Gasteiger partial charge is 0.160 e. The molecule has 11 rings (SSSR count). The molecule has 2 aromatic heterocycles. The van der Waals surface area contributed by atoms with Crippen LogP contribution in [0.5, 0.6) is 0 Å². The lowest BCUT2D eigenvalue weighted by molar-refractivity contribution is 0.669. The number of benzene rings is 9. The zero-order chi connectivity index (χ0) is 38.4. The van der Waals surface area contributed by atoms with E-state index in [1.807, 2.05) is 18.2 Å². The van der Waals surface area contributed by atoms with Gasteiger partial charge in [-0.15, -0.1) is 0 Å². The van der Waals surface area contributed by atoms with Crippen LogP contribution >= 0.6 is 0 Å². The molecule has 0 N–H and O–H groups in total. The first-order valence-electron chi connectivity index (χ1n) is 19.6. The van der Waals surface area contributed by atoms with E-state index in [1.54, 1.807) is 0 Å². The first kappa shape index (κ1) is 33.5. The fourth-order valence-electron chi connectivity index (χ4n) is 8.16. The molecule has 0 spiro atoms. The molecule has 0 radical (unpaired) electrons. The topological polar surface area (TPSA) is 42.2 Å². The molecule has 0 saturated carbocycles. The maximum Gasteiger partial charge on any atom is 0.160 e. The third kappa shape index (κ3) is 6.05. The Bertz CT molecular complexity index is 3140. The van der Waals surface area contributed by atoms with Crippen molar-refractivity contribution in [3.63, 3.8) is 0 Å². The van der Waals surface area contributed by atoms with Gasteiger partial charge in [-0.05, 0) is 105 Å². The highest BCUT2D eigenvalue weighted by Gasteiger charge is 2.18. The van der Waals surface area contributed by atoms with Gasteiger partial charge in [0.15, 0.2) is 5.82 Å². The van der Waals surface area contributed by atoms with Crippen LogP contribution in [-0.4, -0.2) is 9.97 Å². The van der Waals surface area contributed by atoms with E-state index < -0.39 is 0 Å². The van der Waals surface area contributed by atoms with E-state index in [4.69, 9.17) is 14.4 Å². The average molecular weight is 742 g/mol. The molecule has 0 unspecified atom stereocenters. The van der Waals surface area contributed by atoms with Gasteiger partial charge in [-0.2, -0.15) is 0 Å². The number of nitrogens with zero attached hydrogens (tertiary/aromatic N) is 3. The van der Waals surface area contributed by atoms with Gasteiger partial charge in [0.2, 0.25) is 0 Å². The Morgan fingerprint density at radius 1 is 0.345 bits per heavy atom. The van der Waals surface area contributed by atoms with Crippen molar-refractivity contribution < 1.29 is 4.42 Å². The Balaban J connectivity index is 1.01. The summed E-state index contributed by atoms with van der Waals surface area (Å²) in [5, 5.41) is 6.78. The van der Waals surface area contributed by atoms with Gasteiger partial charge in [0.25, 0.3) is 0 Å². The summed E-state index contributed by atoms with van der Waals surface area (Å²) in [5.41, 5.74) is 11.9. The highest BCUT2D eigenvalue weighted by Crippen LogP contribution is 2.40. The summed E-state index contributed by atoms with van der Waals surface area (Å²) in [7, 11) is 0. The van der Waals surface area contributed by atoms with Crippen molar-refractivity contribution in [1.29, 1.82) is 0 Å². The molecule has 0 aliphatic rings. The predicted molar refractivity (Wildman–Crippen MR) is 241 cm³/mol. The lowest BCUT2D eigenvalue weighted by Crippen LogP contribution is -2.09. The molecule has 0 bridgehead atoms. The van der Waals surface area contributed by atoms with Crippen LogP contribution in [0.3, 0.4) is 0 Å². The summed E-state index contributed by atoms with van der Waals surface area (Å²) in [6.07, 6.45) is 0. The van der Waals surface area contributed by atoms with Crippen molar-refractivity contribution in [2.24, 2.45) is 0 Å².